The number of unbranched alkanes of at least 4 members (excludes halogenated alkanes) is 13. The van der Waals surface area contributed by atoms with Crippen molar-refractivity contribution in [3.63, 3.8) is 0 Å². The van der Waals surface area contributed by atoms with E-state index < -0.39 is 5.97 Å². The second kappa shape index (κ2) is 29.2. The molecule has 0 aliphatic heterocycles. The van der Waals surface area contributed by atoms with E-state index in [0.29, 0.717) is 6.42 Å². The zero-order chi connectivity index (χ0) is 24.8. The number of aliphatic carboxylic acids is 1. The molecule has 0 heterocycles. The van der Waals surface area contributed by atoms with Gasteiger partial charge in [-0.1, -0.05) is 132 Å². The van der Waals surface area contributed by atoms with E-state index in [1.807, 2.05) is 0 Å². The minimum atomic E-state index is -0.662. The Labute approximate surface area is 212 Å². The van der Waals surface area contributed by atoms with Crippen LogP contribution in [0.4, 0.5) is 0 Å². The number of hydrogen-bond donors (Lipinski definition) is 1. The molecule has 0 atom stereocenters. The summed E-state index contributed by atoms with van der Waals surface area (Å²) in [5, 5.41) is 8.60. The van der Waals surface area contributed by atoms with E-state index in [0.717, 1.165) is 38.5 Å². The molecule has 0 aromatic heterocycles. The summed E-state index contributed by atoms with van der Waals surface area (Å²) in [6.45, 7) is 2.25. The van der Waals surface area contributed by atoms with E-state index in [2.05, 4.69) is 67.7 Å². The highest BCUT2D eigenvalue weighted by molar-refractivity contribution is 5.66. The number of hydrogen-bond acceptors (Lipinski definition) is 1. The van der Waals surface area contributed by atoms with E-state index in [4.69, 9.17) is 5.11 Å². The van der Waals surface area contributed by atoms with E-state index in [9.17, 15) is 4.79 Å². The molecule has 0 bridgehead atoms. The summed E-state index contributed by atoms with van der Waals surface area (Å²) < 4.78 is 0. The second-order valence-corrected chi connectivity index (χ2v) is 9.26. The highest BCUT2D eigenvalue weighted by Crippen LogP contribution is 2.12. The van der Waals surface area contributed by atoms with Gasteiger partial charge in [0.1, 0.15) is 0 Å². The van der Waals surface area contributed by atoms with Crippen LogP contribution in [0.25, 0.3) is 0 Å². The van der Waals surface area contributed by atoms with Gasteiger partial charge < -0.3 is 5.11 Å². The maximum atomic E-state index is 10.4. The Bertz CT molecular complexity index is 566. The summed E-state index contributed by atoms with van der Waals surface area (Å²) in [6.07, 6.45) is 46.0. The van der Waals surface area contributed by atoms with Gasteiger partial charge in [-0.05, 0) is 57.8 Å². The number of carbonyl (C=O) groups is 1. The summed E-state index contributed by atoms with van der Waals surface area (Å²) in [4.78, 5) is 10.4. The van der Waals surface area contributed by atoms with Gasteiger partial charge in [0.2, 0.25) is 0 Å². The Kier molecular flexibility index (Phi) is 27.6. The standard InChI is InChI=1S/C32H54O2/c1-2-3-4-5-6-7-8-9-10-11-12-13-14-15-16-17-18-19-20-21-22-23-24-25-26-27-28-29-30-31-32(33)34/h6-7,9-10,12-13,15-16,18-19H,2-5,8,11,14,17,20-31H2,1H3,(H,33,34). The predicted octanol–water partition coefficient (Wildman–Crippen LogP) is 10.7. The van der Waals surface area contributed by atoms with Gasteiger partial charge in [0.15, 0.2) is 0 Å². The lowest BCUT2D eigenvalue weighted by atomic mass is 10.1. The van der Waals surface area contributed by atoms with Crippen molar-refractivity contribution in [2.75, 3.05) is 0 Å². The van der Waals surface area contributed by atoms with Crippen molar-refractivity contribution in [2.45, 2.75) is 135 Å². The summed E-state index contributed by atoms with van der Waals surface area (Å²) in [5.74, 6) is -0.662. The van der Waals surface area contributed by atoms with Crippen molar-refractivity contribution in [3.05, 3.63) is 60.8 Å². The molecule has 0 fully saturated rings. The van der Waals surface area contributed by atoms with E-state index in [1.54, 1.807) is 0 Å². The van der Waals surface area contributed by atoms with Crippen LogP contribution in [0.15, 0.2) is 60.8 Å². The van der Waals surface area contributed by atoms with Crippen LogP contribution in [0.3, 0.4) is 0 Å². The molecular weight excluding hydrogens is 416 g/mol. The van der Waals surface area contributed by atoms with Crippen molar-refractivity contribution in [2.24, 2.45) is 0 Å². The first kappa shape index (κ1) is 32.2. The lowest BCUT2D eigenvalue weighted by Crippen LogP contribution is -1.93. The highest BCUT2D eigenvalue weighted by atomic mass is 16.4. The van der Waals surface area contributed by atoms with Crippen molar-refractivity contribution >= 4 is 5.97 Å². The van der Waals surface area contributed by atoms with Gasteiger partial charge in [-0.15, -0.1) is 0 Å². The third-order valence-corrected chi connectivity index (χ3v) is 5.91. The third kappa shape index (κ3) is 30.2. The molecule has 1 N–H and O–H groups in total. The largest absolute Gasteiger partial charge is 0.481 e. The quantitative estimate of drug-likeness (QED) is 0.106. The molecule has 0 aromatic rings. The van der Waals surface area contributed by atoms with E-state index in [1.165, 1.54) is 83.5 Å². The monoisotopic (exact) mass is 470 g/mol. The average molecular weight is 471 g/mol. The van der Waals surface area contributed by atoms with Crippen LogP contribution in [0.5, 0.6) is 0 Å². The van der Waals surface area contributed by atoms with Crippen LogP contribution in [0.2, 0.25) is 0 Å². The molecule has 0 radical (unpaired) electrons. The fraction of sp³-hybridized carbons (Fsp3) is 0.656. The Hall–Kier alpha value is -1.83. The third-order valence-electron chi connectivity index (χ3n) is 5.91. The Morgan fingerprint density at radius 3 is 1.18 bits per heavy atom. The van der Waals surface area contributed by atoms with Crippen LogP contribution in [0.1, 0.15) is 135 Å². The van der Waals surface area contributed by atoms with Crippen LogP contribution in [-0.4, -0.2) is 11.1 Å². The van der Waals surface area contributed by atoms with Crippen molar-refractivity contribution < 1.29 is 9.90 Å². The predicted molar refractivity (Wildman–Crippen MR) is 151 cm³/mol. The second-order valence-electron chi connectivity index (χ2n) is 9.26. The maximum absolute atomic E-state index is 10.4. The van der Waals surface area contributed by atoms with Crippen LogP contribution < -0.4 is 0 Å². The van der Waals surface area contributed by atoms with Gasteiger partial charge in [-0.3, -0.25) is 4.79 Å². The summed E-state index contributed by atoms with van der Waals surface area (Å²) in [5.41, 5.74) is 0. The van der Waals surface area contributed by atoms with Crippen LogP contribution in [-0.2, 0) is 4.79 Å². The Morgan fingerprint density at radius 1 is 0.471 bits per heavy atom. The van der Waals surface area contributed by atoms with Gasteiger partial charge in [-0.25, -0.2) is 0 Å². The van der Waals surface area contributed by atoms with Gasteiger partial charge in [0, 0.05) is 6.42 Å². The molecule has 0 spiro atoms. The molecule has 0 aliphatic rings. The van der Waals surface area contributed by atoms with Crippen LogP contribution >= 0.6 is 0 Å². The summed E-state index contributed by atoms with van der Waals surface area (Å²) in [6, 6.07) is 0. The van der Waals surface area contributed by atoms with Gasteiger partial charge in [0.05, 0.1) is 0 Å². The van der Waals surface area contributed by atoms with E-state index >= 15 is 0 Å². The molecule has 34 heavy (non-hydrogen) atoms. The van der Waals surface area contributed by atoms with Gasteiger partial charge in [0.25, 0.3) is 0 Å². The normalized spacial score (nSPS) is 12.5. The molecule has 0 saturated carbocycles. The molecule has 0 saturated heterocycles. The smallest absolute Gasteiger partial charge is 0.303 e. The first-order valence-electron chi connectivity index (χ1n) is 14.2. The summed E-state index contributed by atoms with van der Waals surface area (Å²) >= 11 is 0. The zero-order valence-corrected chi connectivity index (χ0v) is 22.3. The summed E-state index contributed by atoms with van der Waals surface area (Å²) in [7, 11) is 0. The van der Waals surface area contributed by atoms with Crippen LogP contribution in [0, 0.1) is 0 Å². The highest BCUT2D eigenvalue weighted by Gasteiger charge is 1.96. The van der Waals surface area contributed by atoms with Gasteiger partial charge >= 0.3 is 5.97 Å². The molecule has 0 aromatic carbocycles. The minimum absolute atomic E-state index is 0.331. The Balaban J connectivity index is 3.34. The molecule has 0 amide bonds. The fourth-order valence-corrected chi connectivity index (χ4v) is 3.78. The number of carboxylic acid groups (broad SMARTS) is 1. The van der Waals surface area contributed by atoms with Crippen molar-refractivity contribution in [1.82, 2.24) is 0 Å². The fourth-order valence-electron chi connectivity index (χ4n) is 3.78. The first-order chi connectivity index (χ1) is 16.8. The van der Waals surface area contributed by atoms with Gasteiger partial charge in [-0.2, -0.15) is 0 Å². The molecule has 194 valence electrons. The Morgan fingerprint density at radius 2 is 0.794 bits per heavy atom. The number of allylic oxidation sites excluding steroid dienone is 10. The number of carboxylic acids is 1. The van der Waals surface area contributed by atoms with Crippen molar-refractivity contribution in [3.8, 4) is 0 Å². The minimum Gasteiger partial charge on any atom is -0.481 e. The van der Waals surface area contributed by atoms with E-state index in [-0.39, 0.29) is 0 Å². The first-order valence-corrected chi connectivity index (χ1v) is 14.2. The topological polar surface area (TPSA) is 37.3 Å². The lowest BCUT2D eigenvalue weighted by molar-refractivity contribution is -0.137. The maximum Gasteiger partial charge on any atom is 0.303 e. The zero-order valence-electron chi connectivity index (χ0n) is 22.3. The SMILES string of the molecule is CCCCCC=CCC=CCC=CCC=CCC=CCCCCCCCCCCCCC(=O)O. The molecule has 0 rings (SSSR count). The average Bonchev–Trinajstić information content (AvgIpc) is 2.83. The molecule has 2 nitrogen and oxygen atoms in total. The van der Waals surface area contributed by atoms with Crippen molar-refractivity contribution in [1.29, 1.82) is 0 Å². The molecular formula is C32H54O2. The molecule has 2 heteroatoms. The number of rotatable bonds is 25. The molecule has 0 unspecified atom stereocenters. The molecule has 0 aliphatic carbocycles. The lowest BCUT2D eigenvalue weighted by Gasteiger charge is -2.01.